The van der Waals surface area contributed by atoms with Crippen LogP contribution in [0, 0.1) is 0 Å². The summed E-state index contributed by atoms with van der Waals surface area (Å²) >= 11 is 1.40. The second kappa shape index (κ2) is 5.72. The zero-order valence-electron chi connectivity index (χ0n) is 11.4. The van der Waals surface area contributed by atoms with Gasteiger partial charge in [0.05, 0.1) is 6.04 Å². The normalized spacial score (nSPS) is 15.4. The van der Waals surface area contributed by atoms with E-state index in [9.17, 15) is 4.79 Å². The summed E-state index contributed by atoms with van der Waals surface area (Å²) < 4.78 is 1.87. The van der Waals surface area contributed by atoms with E-state index in [1.165, 1.54) is 24.6 Å². The predicted molar refractivity (Wildman–Crippen MR) is 78.8 cm³/mol. The van der Waals surface area contributed by atoms with Crippen molar-refractivity contribution in [2.45, 2.75) is 41.8 Å². The highest BCUT2D eigenvalue weighted by Gasteiger charge is 2.22. The third-order valence-corrected chi connectivity index (χ3v) is 4.67. The van der Waals surface area contributed by atoms with Crippen LogP contribution in [0.4, 0.5) is 5.69 Å². The van der Waals surface area contributed by atoms with Gasteiger partial charge >= 0.3 is 0 Å². The predicted octanol–water partition coefficient (Wildman–Crippen LogP) is 1.62. The third-order valence-electron chi connectivity index (χ3n) is 3.63. The van der Waals surface area contributed by atoms with E-state index in [0.29, 0.717) is 17.3 Å². The van der Waals surface area contributed by atoms with Gasteiger partial charge in [0.2, 0.25) is 11.1 Å². The molecule has 110 valence electrons. The molecule has 1 aromatic carbocycles. The molecule has 1 saturated carbocycles. The molecule has 0 unspecified atom stereocenters. The number of aromatic nitrogens is 4. The zero-order valence-corrected chi connectivity index (χ0v) is 12.2. The van der Waals surface area contributed by atoms with Crippen molar-refractivity contribution in [2.24, 2.45) is 5.73 Å². The number of carbonyl (C=O) groups is 1. The second-order valence-electron chi connectivity index (χ2n) is 5.06. The number of anilines is 1. The molecule has 1 aromatic heterocycles. The van der Waals surface area contributed by atoms with Crippen LogP contribution in [-0.4, -0.2) is 26.1 Å². The molecule has 0 saturated heterocycles. The average Bonchev–Trinajstić information content (AvgIpc) is 3.11. The highest BCUT2D eigenvalue weighted by molar-refractivity contribution is 7.99. The number of nitrogen functional groups attached to an aromatic ring is 1. The van der Waals surface area contributed by atoms with Gasteiger partial charge in [0.25, 0.3) is 0 Å². The van der Waals surface area contributed by atoms with E-state index in [4.69, 9.17) is 11.5 Å². The van der Waals surface area contributed by atoms with Crippen LogP contribution >= 0.6 is 11.8 Å². The number of carbonyl (C=O) groups excluding carboxylic acids is 1. The second-order valence-corrected chi connectivity index (χ2v) is 6.07. The lowest BCUT2D eigenvalue weighted by Crippen LogP contribution is -2.11. The van der Waals surface area contributed by atoms with E-state index in [2.05, 4.69) is 15.5 Å². The lowest BCUT2D eigenvalue weighted by Gasteiger charge is -2.11. The first-order valence-electron chi connectivity index (χ1n) is 6.80. The van der Waals surface area contributed by atoms with Gasteiger partial charge in [-0.3, -0.25) is 4.79 Å². The van der Waals surface area contributed by atoms with E-state index < -0.39 is 5.91 Å². The van der Waals surface area contributed by atoms with Crippen LogP contribution in [0.5, 0.6) is 0 Å². The summed E-state index contributed by atoms with van der Waals surface area (Å²) in [7, 11) is 0. The van der Waals surface area contributed by atoms with Crippen molar-refractivity contribution in [2.75, 3.05) is 5.73 Å². The molecule has 1 aliphatic rings. The van der Waals surface area contributed by atoms with Crippen LogP contribution in [0.3, 0.4) is 0 Å². The standard InChI is InChI=1S/C13H16N6OS/c14-10-7-8(12(15)20)5-6-11(10)21-13-16-17-18-19(13)9-3-1-2-4-9/h5-7,9H,1-4,14H2,(H2,15,20). The fourth-order valence-corrected chi connectivity index (χ4v) is 3.39. The summed E-state index contributed by atoms with van der Waals surface area (Å²) in [6, 6.07) is 5.38. The fourth-order valence-electron chi connectivity index (χ4n) is 2.52. The molecular formula is C13H16N6OS. The Morgan fingerprint density at radius 3 is 2.76 bits per heavy atom. The van der Waals surface area contributed by atoms with Gasteiger partial charge in [-0.2, -0.15) is 0 Å². The number of tetrazole rings is 1. The maximum Gasteiger partial charge on any atom is 0.248 e. The summed E-state index contributed by atoms with van der Waals surface area (Å²) in [5, 5.41) is 12.7. The molecule has 0 radical (unpaired) electrons. The molecule has 8 heteroatoms. The lowest BCUT2D eigenvalue weighted by molar-refractivity contribution is 0.100. The van der Waals surface area contributed by atoms with Gasteiger partial charge in [0.15, 0.2) is 0 Å². The maximum absolute atomic E-state index is 11.1. The monoisotopic (exact) mass is 304 g/mol. The summed E-state index contributed by atoms with van der Waals surface area (Å²) in [6.45, 7) is 0. The molecule has 1 amide bonds. The van der Waals surface area contributed by atoms with Crippen molar-refractivity contribution in [3.8, 4) is 0 Å². The molecule has 1 heterocycles. The SMILES string of the molecule is NC(=O)c1ccc(Sc2nnnn2C2CCCC2)c(N)c1. The van der Waals surface area contributed by atoms with E-state index in [-0.39, 0.29) is 0 Å². The molecule has 2 aromatic rings. The van der Waals surface area contributed by atoms with Crippen LogP contribution in [0.15, 0.2) is 28.3 Å². The minimum Gasteiger partial charge on any atom is -0.398 e. The van der Waals surface area contributed by atoms with Gasteiger partial charge in [-0.1, -0.05) is 12.8 Å². The Bertz CT molecular complexity index is 664. The van der Waals surface area contributed by atoms with Gasteiger partial charge in [0.1, 0.15) is 0 Å². The molecule has 0 spiro atoms. The number of hydrogen-bond acceptors (Lipinski definition) is 6. The third kappa shape index (κ3) is 2.85. The molecule has 4 N–H and O–H groups in total. The van der Waals surface area contributed by atoms with Crippen LogP contribution in [0.2, 0.25) is 0 Å². The Balaban J connectivity index is 1.84. The van der Waals surface area contributed by atoms with Crippen molar-refractivity contribution in [1.29, 1.82) is 0 Å². The van der Waals surface area contributed by atoms with Gasteiger partial charge in [-0.15, -0.1) is 5.10 Å². The fraction of sp³-hybridized carbons (Fsp3) is 0.385. The molecule has 21 heavy (non-hydrogen) atoms. The maximum atomic E-state index is 11.1. The van der Waals surface area contributed by atoms with Crippen LogP contribution in [0.25, 0.3) is 0 Å². The molecule has 3 rings (SSSR count). The highest BCUT2D eigenvalue weighted by atomic mass is 32.2. The first-order valence-corrected chi connectivity index (χ1v) is 7.62. The van der Waals surface area contributed by atoms with Crippen molar-refractivity contribution in [3.05, 3.63) is 23.8 Å². The molecule has 1 aliphatic carbocycles. The van der Waals surface area contributed by atoms with Crippen LogP contribution < -0.4 is 11.5 Å². The first-order chi connectivity index (χ1) is 10.1. The van der Waals surface area contributed by atoms with E-state index in [0.717, 1.165) is 22.9 Å². The van der Waals surface area contributed by atoms with Gasteiger partial charge in [0, 0.05) is 16.1 Å². The number of primary amides is 1. The topological polar surface area (TPSA) is 113 Å². The Morgan fingerprint density at radius 2 is 2.10 bits per heavy atom. The Hall–Kier alpha value is -2.09. The van der Waals surface area contributed by atoms with Crippen LogP contribution in [0.1, 0.15) is 42.1 Å². The highest BCUT2D eigenvalue weighted by Crippen LogP contribution is 2.35. The van der Waals surface area contributed by atoms with Gasteiger partial charge in [-0.05, 0) is 53.2 Å². The van der Waals surface area contributed by atoms with Crippen molar-refractivity contribution in [3.63, 3.8) is 0 Å². The summed E-state index contributed by atoms with van der Waals surface area (Å²) in [5.74, 6) is -0.492. The molecule has 0 atom stereocenters. The molecule has 0 aliphatic heterocycles. The summed E-state index contributed by atoms with van der Waals surface area (Å²) in [5.41, 5.74) is 12.1. The summed E-state index contributed by atoms with van der Waals surface area (Å²) in [6.07, 6.45) is 4.64. The lowest BCUT2D eigenvalue weighted by atomic mass is 10.2. The molecule has 1 fully saturated rings. The Kier molecular flexibility index (Phi) is 3.78. The van der Waals surface area contributed by atoms with Crippen molar-refractivity contribution >= 4 is 23.4 Å². The Labute approximate surface area is 126 Å². The first kappa shape index (κ1) is 13.9. The quantitative estimate of drug-likeness (QED) is 0.830. The van der Waals surface area contributed by atoms with Crippen LogP contribution in [-0.2, 0) is 0 Å². The molecular weight excluding hydrogens is 288 g/mol. The number of nitrogens with two attached hydrogens (primary N) is 2. The number of benzene rings is 1. The van der Waals surface area contributed by atoms with E-state index >= 15 is 0 Å². The Morgan fingerprint density at radius 1 is 1.33 bits per heavy atom. The number of nitrogens with zero attached hydrogens (tertiary/aromatic N) is 4. The minimum absolute atomic E-state index is 0.369. The zero-order chi connectivity index (χ0) is 14.8. The molecule has 7 nitrogen and oxygen atoms in total. The summed E-state index contributed by atoms with van der Waals surface area (Å²) in [4.78, 5) is 11.9. The van der Waals surface area contributed by atoms with Crippen molar-refractivity contribution < 1.29 is 4.79 Å². The largest absolute Gasteiger partial charge is 0.398 e. The van der Waals surface area contributed by atoms with E-state index in [1.54, 1.807) is 18.2 Å². The number of rotatable bonds is 4. The average molecular weight is 304 g/mol. The van der Waals surface area contributed by atoms with Crippen molar-refractivity contribution in [1.82, 2.24) is 20.2 Å². The van der Waals surface area contributed by atoms with Gasteiger partial charge < -0.3 is 11.5 Å². The number of hydrogen-bond donors (Lipinski definition) is 2. The van der Waals surface area contributed by atoms with Gasteiger partial charge in [-0.25, -0.2) is 4.68 Å². The minimum atomic E-state index is -0.492. The smallest absolute Gasteiger partial charge is 0.248 e. The number of amides is 1. The molecule has 0 bridgehead atoms. The van der Waals surface area contributed by atoms with E-state index in [1.807, 2.05) is 4.68 Å².